The van der Waals surface area contributed by atoms with Crippen LogP contribution in [0.5, 0.6) is 0 Å². The normalized spacial score (nSPS) is 19.4. The van der Waals surface area contributed by atoms with E-state index >= 15 is 0 Å². The van der Waals surface area contributed by atoms with Crippen molar-refractivity contribution in [3.8, 4) is 0 Å². The highest BCUT2D eigenvalue weighted by molar-refractivity contribution is 5.25. The van der Waals surface area contributed by atoms with Crippen molar-refractivity contribution in [2.75, 3.05) is 0 Å². The molecular weight excluding hydrogens is 253 g/mol. The molecule has 0 heterocycles. The van der Waals surface area contributed by atoms with Gasteiger partial charge in [-0.2, -0.15) is 13.2 Å². The quantitative estimate of drug-likeness (QED) is 0.874. The molecule has 1 N–H and O–H groups in total. The largest absolute Gasteiger partial charge is 0.416 e. The van der Waals surface area contributed by atoms with E-state index < -0.39 is 17.8 Å². The van der Waals surface area contributed by atoms with Gasteiger partial charge in [-0.05, 0) is 42.9 Å². The lowest BCUT2D eigenvalue weighted by molar-refractivity contribution is -0.137. The van der Waals surface area contributed by atoms with Gasteiger partial charge in [0.25, 0.3) is 0 Å². The minimum Gasteiger partial charge on any atom is -0.392 e. The third-order valence-corrected chi connectivity index (χ3v) is 3.92. The first-order valence-corrected chi connectivity index (χ1v) is 6.81. The van der Waals surface area contributed by atoms with Crippen LogP contribution in [0.2, 0.25) is 0 Å². The summed E-state index contributed by atoms with van der Waals surface area (Å²) in [5.74, 6) is 0.302. The Bertz CT molecular complexity index is 391. The molecule has 0 amide bonds. The van der Waals surface area contributed by atoms with Crippen LogP contribution in [-0.4, -0.2) is 11.2 Å². The van der Waals surface area contributed by atoms with Crippen LogP contribution in [-0.2, 0) is 12.6 Å². The SMILES string of the molecule is OC(Cc1ccc(C(F)(F)F)cc1)C1CCCCC1. The summed E-state index contributed by atoms with van der Waals surface area (Å²) >= 11 is 0. The van der Waals surface area contributed by atoms with Crippen molar-refractivity contribution in [2.45, 2.75) is 50.8 Å². The summed E-state index contributed by atoms with van der Waals surface area (Å²) in [4.78, 5) is 0. The molecule has 1 aromatic rings. The van der Waals surface area contributed by atoms with Crippen molar-refractivity contribution in [3.05, 3.63) is 35.4 Å². The minimum atomic E-state index is -4.29. The van der Waals surface area contributed by atoms with E-state index in [0.29, 0.717) is 12.3 Å². The Morgan fingerprint density at radius 2 is 1.63 bits per heavy atom. The Morgan fingerprint density at radius 1 is 1.05 bits per heavy atom. The number of hydrogen-bond acceptors (Lipinski definition) is 1. The topological polar surface area (TPSA) is 20.2 Å². The Labute approximate surface area is 111 Å². The molecule has 1 saturated carbocycles. The predicted molar refractivity (Wildman–Crippen MR) is 67.7 cm³/mol. The van der Waals surface area contributed by atoms with Crippen molar-refractivity contribution in [1.29, 1.82) is 0 Å². The van der Waals surface area contributed by atoms with E-state index in [2.05, 4.69) is 0 Å². The first-order valence-electron chi connectivity index (χ1n) is 6.81. The number of aliphatic hydroxyl groups is 1. The van der Waals surface area contributed by atoms with Gasteiger partial charge in [-0.25, -0.2) is 0 Å². The Balaban J connectivity index is 1.95. The summed E-state index contributed by atoms with van der Waals surface area (Å²) in [6.45, 7) is 0. The van der Waals surface area contributed by atoms with Crippen LogP contribution in [0.15, 0.2) is 24.3 Å². The van der Waals surface area contributed by atoms with Crippen LogP contribution in [0.4, 0.5) is 13.2 Å². The fraction of sp³-hybridized carbons (Fsp3) is 0.600. The van der Waals surface area contributed by atoms with Gasteiger partial charge in [0.1, 0.15) is 0 Å². The number of aliphatic hydroxyl groups excluding tert-OH is 1. The van der Waals surface area contributed by atoms with Crippen LogP contribution in [0, 0.1) is 5.92 Å². The lowest BCUT2D eigenvalue weighted by atomic mass is 9.83. The molecule has 1 nitrogen and oxygen atoms in total. The molecule has 1 unspecified atom stereocenters. The summed E-state index contributed by atoms with van der Waals surface area (Å²) in [6, 6.07) is 5.11. The first kappa shape index (κ1) is 14.4. The van der Waals surface area contributed by atoms with Gasteiger partial charge in [-0.15, -0.1) is 0 Å². The Hall–Kier alpha value is -1.03. The van der Waals surface area contributed by atoms with E-state index in [9.17, 15) is 18.3 Å². The summed E-state index contributed by atoms with van der Waals surface area (Å²) in [5.41, 5.74) is 0.134. The standard InChI is InChI=1S/C15H19F3O/c16-15(17,18)13-8-6-11(7-9-13)10-14(19)12-4-2-1-3-5-12/h6-9,12,14,19H,1-5,10H2. The molecule has 0 bridgehead atoms. The Kier molecular flexibility index (Phi) is 4.50. The average Bonchev–Trinajstić information content (AvgIpc) is 2.39. The highest BCUT2D eigenvalue weighted by Gasteiger charge is 2.30. The molecule has 0 saturated heterocycles. The van der Waals surface area contributed by atoms with Crippen molar-refractivity contribution in [3.63, 3.8) is 0 Å². The van der Waals surface area contributed by atoms with Crippen molar-refractivity contribution in [1.82, 2.24) is 0 Å². The van der Waals surface area contributed by atoms with Crippen LogP contribution >= 0.6 is 0 Å². The smallest absolute Gasteiger partial charge is 0.392 e. The summed E-state index contributed by atoms with van der Waals surface area (Å²) in [7, 11) is 0. The maximum absolute atomic E-state index is 12.4. The molecule has 106 valence electrons. The molecule has 4 heteroatoms. The van der Waals surface area contributed by atoms with Crippen LogP contribution in [0.25, 0.3) is 0 Å². The van der Waals surface area contributed by atoms with Gasteiger partial charge in [0.15, 0.2) is 0 Å². The second-order valence-corrected chi connectivity index (χ2v) is 5.36. The van der Waals surface area contributed by atoms with E-state index in [1.54, 1.807) is 0 Å². The lowest BCUT2D eigenvalue weighted by Crippen LogP contribution is -2.25. The molecule has 0 aromatic heterocycles. The number of rotatable bonds is 3. The van der Waals surface area contributed by atoms with Gasteiger partial charge in [0.05, 0.1) is 11.7 Å². The van der Waals surface area contributed by atoms with Gasteiger partial charge < -0.3 is 5.11 Å². The summed E-state index contributed by atoms with van der Waals surface area (Å²) in [6.07, 6.45) is 1.30. The predicted octanol–water partition coefficient (Wildman–Crippen LogP) is 4.19. The van der Waals surface area contributed by atoms with Crippen molar-refractivity contribution in [2.24, 2.45) is 5.92 Å². The maximum Gasteiger partial charge on any atom is 0.416 e. The minimum absolute atomic E-state index is 0.302. The van der Waals surface area contributed by atoms with E-state index in [-0.39, 0.29) is 0 Å². The van der Waals surface area contributed by atoms with Crippen molar-refractivity contribution < 1.29 is 18.3 Å². The number of alkyl halides is 3. The molecule has 0 aliphatic heterocycles. The fourth-order valence-corrected chi connectivity index (χ4v) is 2.76. The van der Waals surface area contributed by atoms with Gasteiger partial charge in [0.2, 0.25) is 0 Å². The number of halogens is 3. The van der Waals surface area contributed by atoms with Gasteiger partial charge in [0, 0.05) is 0 Å². The molecular formula is C15H19F3O. The average molecular weight is 272 g/mol. The van der Waals surface area contributed by atoms with Crippen LogP contribution in [0.1, 0.15) is 43.2 Å². The van der Waals surface area contributed by atoms with Gasteiger partial charge >= 0.3 is 6.18 Å². The van der Waals surface area contributed by atoms with Crippen LogP contribution < -0.4 is 0 Å². The number of benzene rings is 1. The Morgan fingerprint density at radius 3 is 2.16 bits per heavy atom. The molecule has 1 aliphatic carbocycles. The second kappa shape index (κ2) is 5.95. The fourth-order valence-electron chi connectivity index (χ4n) is 2.76. The molecule has 1 aliphatic rings. The molecule has 0 radical (unpaired) electrons. The zero-order chi connectivity index (χ0) is 13.9. The molecule has 1 aromatic carbocycles. The molecule has 19 heavy (non-hydrogen) atoms. The number of hydrogen-bond donors (Lipinski definition) is 1. The molecule has 1 atom stereocenters. The van der Waals surface area contributed by atoms with Gasteiger partial charge in [-0.1, -0.05) is 31.4 Å². The molecule has 1 fully saturated rings. The molecule has 2 rings (SSSR count). The monoisotopic (exact) mass is 272 g/mol. The van der Waals surface area contributed by atoms with Crippen molar-refractivity contribution >= 4 is 0 Å². The van der Waals surface area contributed by atoms with Crippen LogP contribution in [0.3, 0.4) is 0 Å². The van der Waals surface area contributed by atoms with E-state index in [1.165, 1.54) is 18.6 Å². The highest BCUT2D eigenvalue weighted by atomic mass is 19.4. The zero-order valence-corrected chi connectivity index (χ0v) is 10.8. The zero-order valence-electron chi connectivity index (χ0n) is 10.8. The first-order chi connectivity index (χ1) is 8.97. The van der Waals surface area contributed by atoms with Gasteiger partial charge in [-0.3, -0.25) is 0 Å². The lowest BCUT2D eigenvalue weighted by Gasteiger charge is -2.26. The van der Waals surface area contributed by atoms with E-state index in [0.717, 1.165) is 43.4 Å². The third kappa shape index (κ3) is 3.96. The molecule has 0 spiro atoms. The maximum atomic E-state index is 12.4. The van der Waals surface area contributed by atoms with E-state index in [4.69, 9.17) is 0 Å². The third-order valence-electron chi connectivity index (χ3n) is 3.92. The summed E-state index contributed by atoms with van der Waals surface area (Å²) in [5, 5.41) is 10.1. The van der Waals surface area contributed by atoms with E-state index in [1.807, 2.05) is 0 Å². The highest BCUT2D eigenvalue weighted by Crippen LogP contribution is 2.30. The second-order valence-electron chi connectivity index (χ2n) is 5.36. The summed E-state index contributed by atoms with van der Waals surface area (Å²) < 4.78 is 37.3.